The van der Waals surface area contributed by atoms with E-state index in [9.17, 15) is 13.6 Å². The Hall–Kier alpha value is -1.98. The highest BCUT2D eigenvalue weighted by Gasteiger charge is 2.15. The fraction of sp³-hybridized carbons (Fsp3) is 0.125. The third-order valence-corrected chi connectivity index (χ3v) is 3.36. The van der Waals surface area contributed by atoms with E-state index in [0.29, 0.717) is 0 Å². The Labute approximate surface area is 141 Å². The van der Waals surface area contributed by atoms with Crippen LogP contribution < -0.4 is 0 Å². The summed E-state index contributed by atoms with van der Waals surface area (Å²) in [6, 6.07) is 4.50. The molecule has 3 nitrogen and oxygen atoms in total. The number of hydrogen-bond donors (Lipinski definition) is 0. The van der Waals surface area contributed by atoms with E-state index in [2.05, 4.69) is 4.98 Å². The highest BCUT2D eigenvalue weighted by atomic mass is 35.5. The van der Waals surface area contributed by atoms with E-state index in [1.54, 1.807) is 6.92 Å². The molecule has 0 radical (unpaired) electrons. The minimum absolute atomic E-state index is 0.0169. The molecular weight excluding hydrogens is 347 g/mol. The molecule has 0 fully saturated rings. The van der Waals surface area contributed by atoms with Crippen LogP contribution in [0.3, 0.4) is 0 Å². The number of carbonyl (C=O) groups excluding carboxylic acids is 1. The zero-order valence-electron chi connectivity index (χ0n) is 11.9. The third kappa shape index (κ3) is 4.27. The molecule has 0 saturated carbocycles. The van der Waals surface area contributed by atoms with Gasteiger partial charge in [0.1, 0.15) is 21.9 Å². The van der Waals surface area contributed by atoms with E-state index in [4.69, 9.17) is 27.9 Å². The highest BCUT2D eigenvalue weighted by Crippen LogP contribution is 2.33. The predicted molar refractivity (Wildman–Crippen MR) is 85.3 cm³/mol. The predicted octanol–water partition coefficient (Wildman–Crippen LogP) is 4.91. The standard InChI is InChI=1S/C16H11Cl2F2NO2/c1-2-23-15(22)6-5-11-12(8-14(17)21-16(11)18)10-4-3-9(19)7-13(10)20/h3-8H,2H2,1H3/b6-5+. The van der Waals surface area contributed by atoms with E-state index in [1.165, 1.54) is 18.2 Å². The molecule has 0 aliphatic carbocycles. The summed E-state index contributed by atoms with van der Waals surface area (Å²) in [6.45, 7) is 1.89. The van der Waals surface area contributed by atoms with Gasteiger partial charge in [0.15, 0.2) is 0 Å². The van der Waals surface area contributed by atoms with Crippen molar-refractivity contribution in [2.45, 2.75) is 6.92 Å². The molecule has 0 bridgehead atoms. The average Bonchev–Trinajstić information content (AvgIpc) is 2.46. The summed E-state index contributed by atoms with van der Waals surface area (Å²) in [5.41, 5.74) is 0.642. The van der Waals surface area contributed by atoms with Crippen molar-refractivity contribution in [2.24, 2.45) is 0 Å². The Morgan fingerprint density at radius 1 is 1.26 bits per heavy atom. The van der Waals surface area contributed by atoms with Gasteiger partial charge in [0.2, 0.25) is 0 Å². The minimum Gasteiger partial charge on any atom is -0.463 e. The van der Waals surface area contributed by atoms with E-state index >= 15 is 0 Å². The molecule has 1 aromatic carbocycles. The second-order valence-electron chi connectivity index (χ2n) is 4.41. The maximum Gasteiger partial charge on any atom is 0.330 e. The Kier molecular flexibility index (Phi) is 5.69. The number of pyridine rings is 1. The van der Waals surface area contributed by atoms with Gasteiger partial charge in [-0.05, 0) is 36.8 Å². The molecule has 0 atom stereocenters. The van der Waals surface area contributed by atoms with Crippen LogP contribution in [0.15, 0.2) is 30.3 Å². The topological polar surface area (TPSA) is 39.2 Å². The summed E-state index contributed by atoms with van der Waals surface area (Å²) in [4.78, 5) is 15.3. The SMILES string of the molecule is CCOC(=O)/C=C/c1c(-c2ccc(F)cc2F)cc(Cl)nc1Cl. The van der Waals surface area contributed by atoms with Crippen LogP contribution in [0.5, 0.6) is 0 Å². The average molecular weight is 358 g/mol. The number of halogens is 4. The quantitative estimate of drug-likeness (QED) is 0.443. The summed E-state index contributed by atoms with van der Waals surface area (Å²) in [5, 5.41) is 0.0267. The van der Waals surface area contributed by atoms with Crippen LogP contribution in [0.1, 0.15) is 12.5 Å². The molecule has 0 aliphatic heterocycles. The largest absolute Gasteiger partial charge is 0.463 e. The van der Waals surface area contributed by atoms with Crippen molar-refractivity contribution in [3.63, 3.8) is 0 Å². The monoisotopic (exact) mass is 357 g/mol. The third-order valence-electron chi connectivity index (χ3n) is 2.87. The molecule has 1 aromatic heterocycles. The van der Waals surface area contributed by atoms with Crippen molar-refractivity contribution in [3.8, 4) is 11.1 Å². The first-order valence-electron chi connectivity index (χ1n) is 6.58. The van der Waals surface area contributed by atoms with Crippen LogP contribution in [0.25, 0.3) is 17.2 Å². The number of esters is 1. The van der Waals surface area contributed by atoms with Crippen molar-refractivity contribution in [1.82, 2.24) is 4.98 Å². The van der Waals surface area contributed by atoms with Gasteiger partial charge in [-0.25, -0.2) is 18.6 Å². The molecule has 0 spiro atoms. The molecular formula is C16H11Cl2F2NO2. The van der Waals surface area contributed by atoms with Crippen molar-refractivity contribution in [2.75, 3.05) is 6.61 Å². The number of benzene rings is 1. The number of carbonyl (C=O) groups is 1. The van der Waals surface area contributed by atoms with Gasteiger partial charge in [0, 0.05) is 23.3 Å². The fourth-order valence-corrected chi connectivity index (χ4v) is 2.42. The lowest BCUT2D eigenvalue weighted by Gasteiger charge is -2.10. The zero-order valence-corrected chi connectivity index (χ0v) is 13.5. The van der Waals surface area contributed by atoms with E-state index in [-0.39, 0.29) is 33.6 Å². The van der Waals surface area contributed by atoms with Gasteiger partial charge >= 0.3 is 5.97 Å². The Balaban J connectivity index is 2.56. The summed E-state index contributed by atoms with van der Waals surface area (Å²) in [5.74, 6) is -2.07. The summed E-state index contributed by atoms with van der Waals surface area (Å²) >= 11 is 11.9. The lowest BCUT2D eigenvalue weighted by Crippen LogP contribution is -1.99. The van der Waals surface area contributed by atoms with Crippen LogP contribution in [0, 0.1) is 11.6 Å². The van der Waals surface area contributed by atoms with Gasteiger partial charge in [-0.2, -0.15) is 0 Å². The summed E-state index contributed by atoms with van der Waals surface area (Å²) < 4.78 is 31.9. The minimum atomic E-state index is -0.783. The molecule has 0 aliphatic rings. The van der Waals surface area contributed by atoms with Crippen molar-refractivity contribution in [3.05, 3.63) is 57.8 Å². The van der Waals surface area contributed by atoms with Gasteiger partial charge < -0.3 is 4.74 Å². The lowest BCUT2D eigenvalue weighted by atomic mass is 10.0. The highest BCUT2D eigenvalue weighted by molar-refractivity contribution is 6.34. The molecule has 23 heavy (non-hydrogen) atoms. The summed E-state index contributed by atoms with van der Waals surface area (Å²) in [6.07, 6.45) is 2.49. The zero-order chi connectivity index (χ0) is 17.0. The molecule has 120 valence electrons. The number of nitrogens with zero attached hydrogens (tertiary/aromatic N) is 1. The van der Waals surface area contributed by atoms with Crippen molar-refractivity contribution in [1.29, 1.82) is 0 Å². The molecule has 2 rings (SSSR count). The maximum atomic E-state index is 14.0. The molecule has 0 N–H and O–H groups in total. The number of ether oxygens (including phenoxy) is 1. The second kappa shape index (κ2) is 7.53. The van der Waals surface area contributed by atoms with Gasteiger partial charge in [-0.3, -0.25) is 0 Å². The molecule has 2 aromatic rings. The van der Waals surface area contributed by atoms with Crippen LogP contribution in [0.4, 0.5) is 8.78 Å². The number of aromatic nitrogens is 1. The van der Waals surface area contributed by atoms with Crippen molar-refractivity contribution < 1.29 is 18.3 Å². The van der Waals surface area contributed by atoms with E-state index in [0.717, 1.165) is 18.2 Å². The Morgan fingerprint density at radius 3 is 2.65 bits per heavy atom. The number of rotatable bonds is 4. The smallest absolute Gasteiger partial charge is 0.330 e. The van der Waals surface area contributed by atoms with Gasteiger partial charge in [0.05, 0.1) is 6.61 Å². The second-order valence-corrected chi connectivity index (χ2v) is 5.15. The lowest BCUT2D eigenvalue weighted by molar-refractivity contribution is -0.137. The van der Waals surface area contributed by atoms with Crippen LogP contribution >= 0.6 is 23.2 Å². The molecule has 7 heteroatoms. The normalized spacial score (nSPS) is 11.0. The van der Waals surface area contributed by atoms with Crippen LogP contribution in [-0.2, 0) is 9.53 Å². The first-order chi connectivity index (χ1) is 10.9. The number of hydrogen-bond acceptors (Lipinski definition) is 3. The Morgan fingerprint density at radius 2 is 2.00 bits per heavy atom. The van der Waals surface area contributed by atoms with E-state index in [1.807, 2.05) is 0 Å². The fourth-order valence-electron chi connectivity index (χ4n) is 1.93. The summed E-state index contributed by atoms with van der Waals surface area (Å²) in [7, 11) is 0. The maximum absolute atomic E-state index is 14.0. The van der Waals surface area contributed by atoms with Crippen molar-refractivity contribution >= 4 is 35.2 Å². The first kappa shape index (κ1) is 17.4. The van der Waals surface area contributed by atoms with E-state index < -0.39 is 17.6 Å². The molecule has 1 heterocycles. The first-order valence-corrected chi connectivity index (χ1v) is 7.34. The van der Waals surface area contributed by atoms with Gasteiger partial charge in [-0.1, -0.05) is 23.2 Å². The molecule has 0 saturated heterocycles. The molecule has 0 unspecified atom stereocenters. The molecule has 0 amide bonds. The van der Waals surface area contributed by atoms with Gasteiger partial charge in [0.25, 0.3) is 0 Å². The Bertz CT molecular complexity index is 779. The van der Waals surface area contributed by atoms with Crippen LogP contribution in [0.2, 0.25) is 10.3 Å². The van der Waals surface area contributed by atoms with Gasteiger partial charge in [-0.15, -0.1) is 0 Å². The van der Waals surface area contributed by atoms with Crippen LogP contribution in [-0.4, -0.2) is 17.6 Å².